The van der Waals surface area contributed by atoms with Crippen molar-refractivity contribution in [1.29, 1.82) is 0 Å². The molecule has 1 aromatic rings. The normalized spacial score (nSPS) is 28.3. The van der Waals surface area contributed by atoms with Gasteiger partial charge in [0.1, 0.15) is 10.7 Å². The van der Waals surface area contributed by atoms with Gasteiger partial charge in [-0.15, -0.1) is 0 Å². The summed E-state index contributed by atoms with van der Waals surface area (Å²) in [5.41, 5.74) is 0. The van der Waals surface area contributed by atoms with E-state index < -0.39 is 0 Å². The van der Waals surface area contributed by atoms with Gasteiger partial charge in [-0.25, -0.2) is 0 Å². The molecule has 1 aliphatic heterocycles. The minimum atomic E-state index is -0.206. The zero-order chi connectivity index (χ0) is 14.4. The maximum Gasteiger partial charge on any atom is 0.264 e. The predicted molar refractivity (Wildman–Crippen MR) is 84.3 cm³/mol. The van der Waals surface area contributed by atoms with Crippen LogP contribution in [0.3, 0.4) is 0 Å². The van der Waals surface area contributed by atoms with Gasteiger partial charge in [0, 0.05) is 17.9 Å². The zero-order valence-electron chi connectivity index (χ0n) is 10.8. The lowest BCUT2D eigenvalue weighted by Crippen LogP contribution is -2.41. The first-order chi connectivity index (χ1) is 9.52. The number of nitrogens with one attached hydrogen (secondary N) is 2. The van der Waals surface area contributed by atoms with E-state index >= 15 is 0 Å². The molecule has 0 aromatic carbocycles. The molecular formula is C12H14BrN3O2S2. The highest BCUT2D eigenvalue weighted by Crippen LogP contribution is 2.44. The van der Waals surface area contributed by atoms with Crippen LogP contribution in [0.5, 0.6) is 0 Å². The number of carbonyl (C=O) groups is 2. The quantitative estimate of drug-likeness (QED) is 0.585. The molecule has 2 N–H and O–H groups in total. The van der Waals surface area contributed by atoms with Gasteiger partial charge in [0.2, 0.25) is 5.91 Å². The number of carbonyl (C=O) groups excluding carboxylic acids is 2. The molecule has 0 spiro atoms. The molecule has 3 unspecified atom stereocenters. The summed E-state index contributed by atoms with van der Waals surface area (Å²) in [4.78, 5) is 25.1. The van der Waals surface area contributed by atoms with Crippen LogP contribution in [0.4, 0.5) is 5.82 Å². The first kappa shape index (κ1) is 14.2. The summed E-state index contributed by atoms with van der Waals surface area (Å²) in [6.45, 7) is 0. The third-order valence-corrected chi connectivity index (χ3v) is 6.17. The average Bonchev–Trinajstić information content (AvgIpc) is 2.75. The number of fused-ring (bicyclic) bond motifs is 3. The molecule has 2 heterocycles. The van der Waals surface area contributed by atoms with Crippen molar-refractivity contribution in [3.63, 3.8) is 0 Å². The smallest absolute Gasteiger partial charge is 0.264 e. The molecule has 1 saturated carbocycles. The van der Waals surface area contributed by atoms with Crippen LogP contribution >= 0.6 is 39.5 Å². The second-order valence-corrected chi connectivity index (χ2v) is 8.01. The van der Waals surface area contributed by atoms with Gasteiger partial charge in [-0.1, -0.05) is 27.3 Å². The molecule has 5 nitrogen and oxygen atoms in total. The first-order valence-corrected chi connectivity index (χ1v) is 8.59. The molecule has 1 aliphatic carbocycles. The molecule has 0 saturated heterocycles. The average molecular weight is 376 g/mol. The Morgan fingerprint density at radius 2 is 2.30 bits per heavy atom. The van der Waals surface area contributed by atoms with Gasteiger partial charge >= 0.3 is 0 Å². The van der Waals surface area contributed by atoms with E-state index in [2.05, 4.69) is 26.6 Å². The van der Waals surface area contributed by atoms with Gasteiger partial charge in [0.25, 0.3) is 5.91 Å². The van der Waals surface area contributed by atoms with E-state index in [0.717, 1.165) is 19.3 Å². The second-order valence-electron chi connectivity index (χ2n) is 5.07. The lowest BCUT2D eigenvalue weighted by molar-refractivity contribution is -0.122. The van der Waals surface area contributed by atoms with Gasteiger partial charge in [-0.2, -0.15) is 0 Å². The van der Waals surface area contributed by atoms with E-state index in [4.69, 9.17) is 12.2 Å². The van der Waals surface area contributed by atoms with Crippen LogP contribution in [0.25, 0.3) is 0 Å². The predicted octanol–water partition coefficient (Wildman–Crippen LogP) is 2.70. The summed E-state index contributed by atoms with van der Waals surface area (Å²) in [7, 11) is 1.58. The highest BCUT2D eigenvalue weighted by Gasteiger charge is 2.41. The third kappa shape index (κ3) is 2.14. The topological polar surface area (TPSA) is 63.1 Å². The van der Waals surface area contributed by atoms with Gasteiger partial charge in [-0.05, 0) is 31.5 Å². The van der Waals surface area contributed by atoms with Crippen molar-refractivity contribution >= 4 is 57.1 Å². The van der Waals surface area contributed by atoms with Crippen LogP contribution in [0.2, 0.25) is 0 Å². The van der Waals surface area contributed by atoms with Crippen LogP contribution in [0.1, 0.15) is 35.0 Å². The number of alkyl halides is 1. The first-order valence-electron chi connectivity index (χ1n) is 6.45. The summed E-state index contributed by atoms with van der Waals surface area (Å²) in [5, 5.41) is 5.46. The Balaban J connectivity index is 2.09. The number of halogens is 1. The summed E-state index contributed by atoms with van der Waals surface area (Å²) in [5.74, 6) is 0.290. The molecule has 8 heteroatoms. The van der Waals surface area contributed by atoms with Crippen LogP contribution in [-0.2, 0) is 4.79 Å². The maximum atomic E-state index is 12.3. The molecule has 2 aliphatic rings. The highest BCUT2D eigenvalue weighted by molar-refractivity contribution is 9.09. The van der Waals surface area contributed by atoms with Crippen molar-refractivity contribution in [2.75, 3.05) is 12.4 Å². The molecular weight excluding hydrogens is 362 g/mol. The molecule has 20 heavy (non-hydrogen) atoms. The molecule has 1 fully saturated rings. The lowest BCUT2D eigenvalue weighted by Gasteiger charge is -2.38. The van der Waals surface area contributed by atoms with E-state index in [9.17, 15) is 9.59 Å². The van der Waals surface area contributed by atoms with Crippen LogP contribution in [0, 0.1) is 9.87 Å². The summed E-state index contributed by atoms with van der Waals surface area (Å²) in [6.07, 6.45) is 2.73. The number of hydrogen-bond acceptors (Lipinski definition) is 4. The van der Waals surface area contributed by atoms with Crippen LogP contribution < -0.4 is 10.6 Å². The monoisotopic (exact) mass is 375 g/mol. The van der Waals surface area contributed by atoms with Crippen molar-refractivity contribution in [3.05, 3.63) is 8.83 Å². The van der Waals surface area contributed by atoms with E-state index in [0.29, 0.717) is 19.5 Å². The molecule has 108 valence electrons. The van der Waals surface area contributed by atoms with E-state index in [1.807, 2.05) is 4.57 Å². The fraction of sp³-hybridized carbons (Fsp3) is 0.583. The minimum Gasteiger partial charge on any atom is -0.354 e. The molecule has 0 bridgehead atoms. The fourth-order valence-electron chi connectivity index (χ4n) is 2.97. The van der Waals surface area contributed by atoms with E-state index in [1.54, 1.807) is 7.05 Å². The molecule has 0 radical (unpaired) electrons. The maximum absolute atomic E-state index is 12.3. The van der Waals surface area contributed by atoms with E-state index in [1.165, 1.54) is 11.3 Å². The number of rotatable bonds is 1. The summed E-state index contributed by atoms with van der Waals surface area (Å²) >= 11 is 10.3. The fourth-order valence-corrected chi connectivity index (χ4v) is 5.06. The Morgan fingerprint density at radius 1 is 1.55 bits per heavy atom. The SMILES string of the molecule is CNC(=O)c1sc(=S)n2c1NC(=O)C1CC(Br)CCC12. The van der Waals surface area contributed by atoms with Gasteiger partial charge in [0.15, 0.2) is 3.95 Å². The number of amides is 2. The van der Waals surface area contributed by atoms with Gasteiger partial charge in [-0.3, -0.25) is 9.59 Å². The Hall–Kier alpha value is -0.730. The number of hydrogen-bond donors (Lipinski definition) is 2. The van der Waals surface area contributed by atoms with Crippen molar-refractivity contribution in [2.45, 2.75) is 30.1 Å². The van der Waals surface area contributed by atoms with E-state index in [-0.39, 0.29) is 23.8 Å². The lowest BCUT2D eigenvalue weighted by atomic mass is 9.82. The summed E-state index contributed by atoms with van der Waals surface area (Å²) < 4.78 is 2.62. The van der Waals surface area contributed by atoms with Crippen LogP contribution in [0.15, 0.2) is 0 Å². The third-order valence-electron chi connectivity index (χ3n) is 3.94. The molecule has 1 aromatic heterocycles. The molecule has 3 atom stereocenters. The summed E-state index contributed by atoms with van der Waals surface area (Å²) in [6, 6.07) is 0.0784. The number of anilines is 1. The van der Waals surface area contributed by atoms with Crippen molar-refractivity contribution in [2.24, 2.45) is 5.92 Å². The minimum absolute atomic E-state index is 0.00268. The highest BCUT2D eigenvalue weighted by atomic mass is 79.9. The number of nitrogens with zero attached hydrogens (tertiary/aromatic N) is 1. The van der Waals surface area contributed by atoms with Crippen molar-refractivity contribution in [1.82, 2.24) is 9.88 Å². The molecule has 3 rings (SSSR count). The number of thiazole rings is 1. The van der Waals surface area contributed by atoms with Gasteiger partial charge < -0.3 is 15.2 Å². The Kier molecular flexibility index (Phi) is 3.72. The second kappa shape index (κ2) is 5.23. The zero-order valence-corrected chi connectivity index (χ0v) is 14.0. The standard InChI is InChI=1S/C12H14BrN3O2S2/c1-14-11(18)8-9-15-10(17)6-4-5(13)2-3-7(6)16(9)12(19)20-8/h5-7H,2-4H2,1H3,(H,14,18)(H,15,17). The Bertz CT molecular complexity index is 639. The van der Waals surface area contributed by atoms with Crippen LogP contribution in [-0.4, -0.2) is 28.3 Å². The van der Waals surface area contributed by atoms with Gasteiger partial charge in [0.05, 0.1) is 5.92 Å². The molecule has 2 amide bonds. The van der Waals surface area contributed by atoms with Crippen molar-refractivity contribution < 1.29 is 9.59 Å². The van der Waals surface area contributed by atoms with Crippen molar-refractivity contribution in [3.8, 4) is 0 Å². The number of aromatic nitrogens is 1. The Labute approximate surface area is 133 Å². The largest absolute Gasteiger partial charge is 0.354 e. The Morgan fingerprint density at radius 3 is 3.00 bits per heavy atom.